The van der Waals surface area contributed by atoms with Crippen LogP contribution in [0.15, 0.2) is 67.4 Å². The summed E-state index contributed by atoms with van der Waals surface area (Å²) >= 11 is 0. The first-order valence-electron chi connectivity index (χ1n) is 8.37. The predicted molar refractivity (Wildman–Crippen MR) is 99.6 cm³/mol. The molecule has 4 aromatic rings. The number of aromatic amines is 1. The standard InChI is InChI=1S/C20H17N5O/c26-20(23-10-6-14-4-8-21-9-5-14)16-3-1-2-15(12-16)18-17-7-11-22-19(17)25-13-24-18/h1-5,7-9,11-13H,6,10H2,(H,23,26)(H,22,24,25). The molecule has 3 aromatic heterocycles. The first-order chi connectivity index (χ1) is 12.8. The largest absolute Gasteiger partial charge is 0.352 e. The van der Waals surface area contributed by atoms with Crippen molar-refractivity contribution >= 4 is 16.9 Å². The Morgan fingerprint density at radius 3 is 2.85 bits per heavy atom. The highest BCUT2D eigenvalue weighted by Crippen LogP contribution is 2.25. The van der Waals surface area contributed by atoms with Crippen molar-refractivity contribution in [2.75, 3.05) is 6.54 Å². The van der Waals surface area contributed by atoms with Gasteiger partial charge in [-0.1, -0.05) is 12.1 Å². The highest BCUT2D eigenvalue weighted by Gasteiger charge is 2.10. The van der Waals surface area contributed by atoms with Gasteiger partial charge in [0.2, 0.25) is 0 Å². The Hall–Kier alpha value is -3.54. The van der Waals surface area contributed by atoms with Gasteiger partial charge in [-0.05, 0) is 42.3 Å². The topological polar surface area (TPSA) is 83.6 Å². The number of hydrogen-bond donors (Lipinski definition) is 2. The summed E-state index contributed by atoms with van der Waals surface area (Å²) in [6.45, 7) is 0.572. The van der Waals surface area contributed by atoms with Gasteiger partial charge in [0.1, 0.15) is 12.0 Å². The fourth-order valence-electron chi connectivity index (χ4n) is 2.88. The van der Waals surface area contributed by atoms with E-state index in [1.54, 1.807) is 18.5 Å². The summed E-state index contributed by atoms with van der Waals surface area (Å²) in [6.07, 6.45) is 7.63. The molecule has 0 spiro atoms. The lowest BCUT2D eigenvalue weighted by Crippen LogP contribution is -2.25. The van der Waals surface area contributed by atoms with E-state index in [0.29, 0.717) is 12.1 Å². The second kappa shape index (κ2) is 7.14. The zero-order valence-electron chi connectivity index (χ0n) is 14.0. The summed E-state index contributed by atoms with van der Waals surface area (Å²) in [7, 11) is 0. The van der Waals surface area contributed by atoms with E-state index in [1.807, 2.05) is 42.6 Å². The molecule has 6 heteroatoms. The maximum Gasteiger partial charge on any atom is 0.251 e. The molecule has 2 N–H and O–H groups in total. The van der Waals surface area contributed by atoms with E-state index in [1.165, 1.54) is 6.33 Å². The third kappa shape index (κ3) is 3.30. The van der Waals surface area contributed by atoms with E-state index in [-0.39, 0.29) is 5.91 Å². The second-order valence-electron chi connectivity index (χ2n) is 5.90. The lowest BCUT2D eigenvalue weighted by Gasteiger charge is -2.07. The van der Waals surface area contributed by atoms with Crippen LogP contribution >= 0.6 is 0 Å². The van der Waals surface area contributed by atoms with Gasteiger partial charge >= 0.3 is 0 Å². The third-order valence-corrected chi connectivity index (χ3v) is 4.20. The number of amides is 1. The molecule has 0 saturated heterocycles. The van der Waals surface area contributed by atoms with Crippen molar-refractivity contribution in [3.8, 4) is 11.3 Å². The van der Waals surface area contributed by atoms with Crippen LogP contribution in [0.25, 0.3) is 22.3 Å². The van der Waals surface area contributed by atoms with Crippen LogP contribution in [0.3, 0.4) is 0 Å². The molecule has 3 heterocycles. The highest BCUT2D eigenvalue weighted by atomic mass is 16.1. The number of hydrogen-bond acceptors (Lipinski definition) is 4. The molecule has 128 valence electrons. The SMILES string of the molecule is O=C(NCCc1ccncc1)c1cccc(-c2ncnc3[nH]ccc23)c1. The van der Waals surface area contributed by atoms with Gasteiger partial charge in [0.05, 0.1) is 5.69 Å². The summed E-state index contributed by atoms with van der Waals surface area (Å²) < 4.78 is 0. The minimum Gasteiger partial charge on any atom is -0.352 e. The zero-order valence-corrected chi connectivity index (χ0v) is 14.0. The Balaban J connectivity index is 1.50. The van der Waals surface area contributed by atoms with Gasteiger partial charge in [-0.3, -0.25) is 9.78 Å². The van der Waals surface area contributed by atoms with Crippen LogP contribution in [0.5, 0.6) is 0 Å². The van der Waals surface area contributed by atoms with Gasteiger partial charge in [-0.25, -0.2) is 9.97 Å². The minimum atomic E-state index is -0.0970. The number of H-pyrrole nitrogens is 1. The predicted octanol–water partition coefficient (Wildman–Crippen LogP) is 2.99. The number of pyridine rings is 1. The molecule has 4 rings (SSSR count). The van der Waals surface area contributed by atoms with Crippen molar-refractivity contribution in [1.82, 2.24) is 25.3 Å². The average molecular weight is 343 g/mol. The maximum absolute atomic E-state index is 12.5. The Kier molecular flexibility index (Phi) is 4.38. The van der Waals surface area contributed by atoms with Crippen LogP contribution in [0.1, 0.15) is 15.9 Å². The van der Waals surface area contributed by atoms with Crippen molar-refractivity contribution in [3.63, 3.8) is 0 Å². The number of nitrogens with one attached hydrogen (secondary N) is 2. The van der Waals surface area contributed by atoms with E-state index in [9.17, 15) is 4.79 Å². The van der Waals surface area contributed by atoms with Crippen molar-refractivity contribution in [3.05, 3.63) is 78.5 Å². The average Bonchev–Trinajstić information content (AvgIpc) is 3.18. The minimum absolute atomic E-state index is 0.0970. The van der Waals surface area contributed by atoms with Crippen molar-refractivity contribution < 1.29 is 4.79 Å². The van der Waals surface area contributed by atoms with Crippen molar-refractivity contribution in [1.29, 1.82) is 0 Å². The van der Waals surface area contributed by atoms with E-state index in [2.05, 4.69) is 25.3 Å². The number of carbonyl (C=O) groups is 1. The molecule has 1 aromatic carbocycles. The maximum atomic E-state index is 12.5. The molecule has 0 saturated carbocycles. The van der Waals surface area contributed by atoms with Gasteiger partial charge in [0.25, 0.3) is 5.91 Å². The number of rotatable bonds is 5. The van der Waals surface area contributed by atoms with Gasteiger partial charge in [-0.2, -0.15) is 0 Å². The quantitative estimate of drug-likeness (QED) is 0.583. The molecular weight excluding hydrogens is 326 g/mol. The van der Waals surface area contributed by atoms with Crippen LogP contribution < -0.4 is 5.32 Å². The van der Waals surface area contributed by atoms with Crippen LogP contribution in [-0.2, 0) is 6.42 Å². The van der Waals surface area contributed by atoms with E-state index < -0.39 is 0 Å². The van der Waals surface area contributed by atoms with Gasteiger partial charge < -0.3 is 10.3 Å². The molecule has 0 fully saturated rings. The molecule has 0 aliphatic heterocycles. The monoisotopic (exact) mass is 343 g/mol. The molecular formula is C20H17N5O. The summed E-state index contributed by atoms with van der Waals surface area (Å²) in [6, 6.07) is 13.3. The number of nitrogens with zero attached hydrogens (tertiary/aromatic N) is 3. The normalized spacial score (nSPS) is 10.8. The molecule has 0 aliphatic carbocycles. The van der Waals surface area contributed by atoms with E-state index in [4.69, 9.17) is 0 Å². The Morgan fingerprint density at radius 1 is 1.08 bits per heavy atom. The van der Waals surface area contributed by atoms with Gasteiger partial charge in [-0.15, -0.1) is 0 Å². The summed E-state index contributed by atoms with van der Waals surface area (Å²) in [5.41, 5.74) is 4.23. The molecule has 1 amide bonds. The number of fused-ring (bicyclic) bond motifs is 1. The van der Waals surface area contributed by atoms with Crippen LogP contribution in [0.2, 0.25) is 0 Å². The lowest BCUT2D eigenvalue weighted by atomic mass is 10.1. The third-order valence-electron chi connectivity index (χ3n) is 4.20. The summed E-state index contributed by atoms with van der Waals surface area (Å²) in [5.74, 6) is -0.0970. The highest BCUT2D eigenvalue weighted by molar-refractivity contribution is 5.97. The first kappa shape index (κ1) is 16.0. The fourth-order valence-corrected chi connectivity index (χ4v) is 2.88. The molecule has 6 nitrogen and oxygen atoms in total. The number of aromatic nitrogens is 4. The molecule has 26 heavy (non-hydrogen) atoms. The Morgan fingerprint density at radius 2 is 1.96 bits per heavy atom. The summed E-state index contributed by atoms with van der Waals surface area (Å²) in [5, 5.41) is 3.89. The van der Waals surface area contributed by atoms with Crippen molar-refractivity contribution in [2.45, 2.75) is 6.42 Å². The second-order valence-corrected chi connectivity index (χ2v) is 5.90. The fraction of sp³-hybridized carbons (Fsp3) is 0.100. The lowest BCUT2D eigenvalue weighted by molar-refractivity contribution is 0.0954. The van der Waals surface area contributed by atoms with Crippen LogP contribution in [-0.4, -0.2) is 32.4 Å². The van der Waals surface area contributed by atoms with Crippen molar-refractivity contribution in [2.24, 2.45) is 0 Å². The first-order valence-corrected chi connectivity index (χ1v) is 8.37. The number of benzene rings is 1. The Labute approximate surface area is 150 Å². The van der Waals surface area contributed by atoms with Crippen LogP contribution in [0, 0.1) is 0 Å². The van der Waals surface area contributed by atoms with E-state index in [0.717, 1.165) is 34.3 Å². The molecule has 0 aliphatic rings. The zero-order chi connectivity index (χ0) is 17.8. The van der Waals surface area contributed by atoms with E-state index >= 15 is 0 Å². The van der Waals surface area contributed by atoms with Crippen LogP contribution in [0.4, 0.5) is 0 Å². The van der Waals surface area contributed by atoms with Gasteiger partial charge in [0.15, 0.2) is 0 Å². The molecule has 0 bridgehead atoms. The van der Waals surface area contributed by atoms with Gasteiger partial charge in [0, 0.05) is 41.6 Å². The molecule has 0 atom stereocenters. The summed E-state index contributed by atoms with van der Waals surface area (Å²) in [4.78, 5) is 28.1. The Bertz CT molecular complexity index is 1040. The molecule has 0 unspecified atom stereocenters. The number of carbonyl (C=O) groups excluding carboxylic acids is 1. The smallest absolute Gasteiger partial charge is 0.251 e. The molecule has 0 radical (unpaired) electrons.